The second-order valence-electron chi connectivity index (χ2n) is 4.92. The first-order valence-corrected chi connectivity index (χ1v) is 7.18. The predicted molar refractivity (Wildman–Crippen MR) is 70.2 cm³/mol. The molecule has 0 saturated heterocycles. The first kappa shape index (κ1) is 14.8. The van der Waals surface area contributed by atoms with Crippen LogP contribution in [0.15, 0.2) is 0 Å². The Labute approximate surface area is 107 Å². The fraction of sp³-hybridized carbons (Fsp3) is 0.917. The fourth-order valence-electron chi connectivity index (χ4n) is 1.95. The van der Waals surface area contributed by atoms with E-state index in [0.717, 1.165) is 0 Å². The number of methoxy groups -OCH3 is 1. The second kappa shape index (κ2) is 7.24. The van der Waals surface area contributed by atoms with Gasteiger partial charge in [0.15, 0.2) is 0 Å². The van der Waals surface area contributed by atoms with Gasteiger partial charge in [-0.05, 0) is 19.8 Å². The molecule has 0 aromatic carbocycles. The molecule has 0 aliphatic heterocycles. The van der Waals surface area contributed by atoms with Crippen molar-refractivity contribution in [2.45, 2.75) is 43.5 Å². The molecule has 4 nitrogen and oxygen atoms in total. The van der Waals surface area contributed by atoms with E-state index in [0.29, 0.717) is 11.0 Å². The Morgan fingerprint density at radius 1 is 1.53 bits per heavy atom. The summed E-state index contributed by atoms with van der Waals surface area (Å²) in [5.74, 6) is 0.492. The lowest BCUT2D eigenvalue weighted by atomic mass is 10.1. The highest BCUT2D eigenvalue weighted by molar-refractivity contribution is 8.00. The van der Waals surface area contributed by atoms with E-state index in [2.05, 4.69) is 5.32 Å². The molecule has 17 heavy (non-hydrogen) atoms. The highest BCUT2D eigenvalue weighted by Gasteiger charge is 2.21. The number of carbonyl (C=O) groups is 1. The summed E-state index contributed by atoms with van der Waals surface area (Å²) < 4.78 is 4.87. The molecule has 1 amide bonds. The van der Waals surface area contributed by atoms with Crippen LogP contribution >= 0.6 is 11.8 Å². The van der Waals surface area contributed by atoms with E-state index in [1.54, 1.807) is 18.7 Å². The van der Waals surface area contributed by atoms with Gasteiger partial charge in [-0.3, -0.25) is 4.79 Å². The molecule has 0 aromatic rings. The van der Waals surface area contributed by atoms with E-state index >= 15 is 0 Å². The van der Waals surface area contributed by atoms with E-state index in [9.17, 15) is 9.90 Å². The SMILES string of the molecule is COC[C@](C)(O)CNC(=O)CSC1CCCC1. The number of amides is 1. The van der Waals surface area contributed by atoms with Crippen LogP contribution in [-0.2, 0) is 9.53 Å². The number of rotatable bonds is 7. The van der Waals surface area contributed by atoms with Gasteiger partial charge in [-0.15, -0.1) is 11.8 Å². The molecular formula is C12H23NO3S. The molecule has 1 saturated carbocycles. The number of ether oxygens (including phenoxy) is 1. The zero-order valence-corrected chi connectivity index (χ0v) is 11.5. The molecule has 1 aliphatic carbocycles. The summed E-state index contributed by atoms with van der Waals surface area (Å²) in [5, 5.41) is 13.2. The van der Waals surface area contributed by atoms with Gasteiger partial charge < -0.3 is 15.2 Å². The third-order valence-electron chi connectivity index (χ3n) is 2.87. The summed E-state index contributed by atoms with van der Waals surface area (Å²) in [6, 6.07) is 0. The summed E-state index contributed by atoms with van der Waals surface area (Å²) in [6.07, 6.45) is 5.06. The maximum Gasteiger partial charge on any atom is 0.230 e. The molecule has 0 heterocycles. The van der Waals surface area contributed by atoms with Crippen LogP contribution in [0.5, 0.6) is 0 Å². The molecule has 0 bridgehead atoms. The van der Waals surface area contributed by atoms with E-state index in [1.807, 2.05) is 0 Å². The van der Waals surface area contributed by atoms with Crippen LogP contribution in [0.25, 0.3) is 0 Å². The zero-order chi connectivity index (χ0) is 12.7. The van der Waals surface area contributed by atoms with E-state index < -0.39 is 5.60 Å². The summed E-state index contributed by atoms with van der Waals surface area (Å²) >= 11 is 1.73. The monoisotopic (exact) mass is 261 g/mol. The molecule has 0 unspecified atom stereocenters. The van der Waals surface area contributed by atoms with Gasteiger partial charge >= 0.3 is 0 Å². The Kier molecular flexibility index (Phi) is 6.30. The van der Waals surface area contributed by atoms with Gasteiger partial charge in [-0.2, -0.15) is 0 Å². The predicted octanol–water partition coefficient (Wildman–Crippen LogP) is 1.18. The van der Waals surface area contributed by atoms with Crippen molar-refractivity contribution in [3.05, 3.63) is 0 Å². The molecule has 2 N–H and O–H groups in total. The maximum atomic E-state index is 11.6. The van der Waals surface area contributed by atoms with Gasteiger partial charge in [0.2, 0.25) is 5.91 Å². The smallest absolute Gasteiger partial charge is 0.230 e. The average molecular weight is 261 g/mol. The zero-order valence-electron chi connectivity index (χ0n) is 10.7. The summed E-state index contributed by atoms with van der Waals surface area (Å²) in [6.45, 7) is 2.12. The second-order valence-corrected chi connectivity index (χ2v) is 6.21. The van der Waals surface area contributed by atoms with Crippen LogP contribution in [0.3, 0.4) is 0 Å². The van der Waals surface area contributed by atoms with Gasteiger partial charge in [0.05, 0.1) is 12.4 Å². The maximum absolute atomic E-state index is 11.6. The van der Waals surface area contributed by atoms with Crippen LogP contribution in [0, 0.1) is 0 Å². The molecule has 1 aliphatic rings. The van der Waals surface area contributed by atoms with Crippen molar-refractivity contribution in [3.8, 4) is 0 Å². The topological polar surface area (TPSA) is 58.6 Å². The minimum Gasteiger partial charge on any atom is -0.386 e. The van der Waals surface area contributed by atoms with Crippen molar-refractivity contribution < 1.29 is 14.6 Å². The van der Waals surface area contributed by atoms with Gasteiger partial charge in [0.1, 0.15) is 5.60 Å². The van der Waals surface area contributed by atoms with Crippen molar-refractivity contribution in [3.63, 3.8) is 0 Å². The first-order valence-electron chi connectivity index (χ1n) is 6.13. The Bertz CT molecular complexity index is 240. The Hall–Kier alpha value is -0.260. The molecular weight excluding hydrogens is 238 g/mol. The van der Waals surface area contributed by atoms with E-state index in [1.165, 1.54) is 32.8 Å². The standard InChI is InChI=1S/C12H23NO3S/c1-12(15,9-16-2)8-13-11(14)7-17-10-5-3-4-6-10/h10,15H,3-9H2,1-2H3,(H,13,14)/t12-/m1/s1. The molecule has 1 fully saturated rings. The van der Waals surface area contributed by atoms with Crippen molar-refractivity contribution in [2.75, 3.05) is 26.0 Å². The lowest BCUT2D eigenvalue weighted by Crippen LogP contribution is -2.44. The first-order chi connectivity index (χ1) is 8.03. The third kappa shape index (κ3) is 6.29. The van der Waals surface area contributed by atoms with Crippen molar-refractivity contribution in [1.29, 1.82) is 0 Å². The largest absolute Gasteiger partial charge is 0.386 e. The number of aliphatic hydroxyl groups is 1. The number of carbonyl (C=O) groups excluding carboxylic acids is 1. The van der Waals surface area contributed by atoms with E-state index in [4.69, 9.17) is 4.74 Å². The van der Waals surface area contributed by atoms with Crippen LogP contribution in [0.4, 0.5) is 0 Å². The number of nitrogens with one attached hydrogen (secondary N) is 1. The quantitative estimate of drug-likeness (QED) is 0.722. The number of thioether (sulfide) groups is 1. The molecule has 0 aromatic heterocycles. The van der Waals surface area contributed by atoms with Crippen LogP contribution in [-0.4, -0.2) is 47.9 Å². The van der Waals surface area contributed by atoms with Crippen molar-refractivity contribution >= 4 is 17.7 Å². The molecule has 100 valence electrons. The number of hydrogen-bond donors (Lipinski definition) is 2. The Balaban J connectivity index is 2.11. The van der Waals surface area contributed by atoms with Crippen LogP contribution < -0.4 is 5.32 Å². The normalized spacial score (nSPS) is 20.2. The van der Waals surface area contributed by atoms with Gasteiger partial charge in [-0.1, -0.05) is 12.8 Å². The molecule has 1 atom stereocenters. The molecule has 0 radical (unpaired) electrons. The van der Waals surface area contributed by atoms with Gasteiger partial charge in [0.25, 0.3) is 0 Å². The van der Waals surface area contributed by atoms with Gasteiger partial charge in [-0.25, -0.2) is 0 Å². The summed E-state index contributed by atoms with van der Waals surface area (Å²) in [7, 11) is 1.53. The molecule has 0 spiro atoms. The minimum absolute atomic E-state index is 0.00159. The Morgan fingerprint density at radius 2 is 2.18 bits per heavy atom. The molecule has 1 rings (SSSR count). The number of hydrogen-bond acceptors (Lipinski definition) is 4. The van der Waals surface area contributed by atoms with Crippen molar-refractivity contribution in [1.82, 2.24) is 5.32 Å². The molecule has 5 heteroatoms. The summed E-state index contributed by atoms with van der Waals surface area (Å²) in [4.78, 5) is 11.6. The van der Waals surface area contributed by atoms with Crippen molar-refractivity contribution in [2.24, 2.45) is 0 Å². The highest BCUT2D eigenvalue weighted by atomic mass is 32.2. The Morgan fingerprint density at radius 3 is 2.76 bits per heavy atom. The van der Waals surface area contributed by atoms with Gasteiger partial charge in [0, 0.05) is 18.9 Å². The average Bonchev–Trinajstić information content (AvgIpc) is 2.76. The van der Waals surface area contributed by atoms with Crippen LogP contribution in [0.2, 0.25) is 0 Å². The highest BCUT2D eigenvalue weighted by Crippen LogP contribution is 2.28. The minimum atomic E-state index is -0.984. The van der Waals surface area contributed by atoms with Crippen LogP contribution in [0.1, 0.15) is 32.6 Å². The van der Waals surface area contributed by atoms with E-state index in [-0.39, 0.29) is 19.1 Å². The third-order valence-corrected chi connectivity index (χ3v) is 4.25. The fourth-order valence-corrected chi connectivity index (χ4v) is 3.11. The lowest BCUT2D eigenvalue weighted by molar-refractivity contribution is -0.120. The summed E-state index contributed by atoms with van der Waals surface area (Å²) in [5.41, 5.74) is -0.984. The lowest BCUT2D eigenvalue weighted by Gasteiger charge is -2.22.